The fourth-order valence-electron chi connectivity index (χ4n) is 1.59. The monoisotopic (exact) mass is 253 g/mol. The summed E-state index contributed by atoms with van der Waals surface area (Å²) in [5.74, 6) is -1.28. The lowest BCUT2D eigenvalue weighted by Crippen LogP contribution is -2.36. The van der Waals surface area contributed by atoms with Gasteiger partial charge in [-0.2, -0.15) is 0 Å². The van der Waals surface area contributed by atoms with Crippen molar-refractivity contribution in [3.8, 4) is 0 Å². The van der Waals surface area contributed by atoms with Gasteiger partial charge >= 0.3 is 5.97 Å². The minimum Gasteiger partial charge on any atom is -0.481 e. The molecule has 3 atom stereocenters. The zero-order chi connectivity index (χ0) is 13.4. The van der Waals surface area contributed by atoms with Gasteiger partial charge in [0.15, 0.2) is 6.29 Å². The Kier molecular flexibility index (Phi) is 5.93. The highest BCUT2D eigenvalue weighted by atomic mass is 16.7. The summed E-state index contributed by atoms with van der Waals surface area (Å²) in [5.41, 5.74) is 8.23. The molecule has 0 fully saturated rings. The predicted molar refractivity (Wildman–Crippen MR) is 63.7 cm³/mol. The Labute approximate surface area is 104 Å². The number of carbonyl (C=O) groups is 1. The van der Waals surface area contributed by atoms with Gasteiger partial charge in [-0.3, -0.25) is 4.79 Å². The molecule has 0 amide bonds. The Balaban J connectivity index is 2.66. The fourth-order valence-corrected chi connectivity index (χ4v) is 1.59. The Morgan fingerprint density at radius 2 is 2.44 bits per heavy atom. The Morgan fingerprint density at radius 3 is 3.06 bits per heavy atom. The summed E-state index contributed by atoms with van der Waals surface area (Å²) in [5, 5.41) is 12.2. The largest absolute Gasteiger partial charge is 0.481 e. The predicted octanol–water partition coefficient (Wildman–Crippen LogP) is 1.87. The third kappa shape index (κ3) is 4.58. The van der Waals surface area contributed by atoms with Gasteiger partial charge in [0.1, 0.15) is 0 Å². The van der Waals surface area contributed by atoms with Crippen LogP contribution in [-0.2, 0) is 14.3 Å². The minimum atomic E-state index is -0.922. The van der Waals surface area contributed by atoms with Crippen molar-refractivity contribution in [2.45, 2.75) is 18.8 Å². The van der Waals surface area contributed by atoms with E-state index in [0.717, 1.165) is 0 Å². The number of azide groups is 1. The summed E-state index contributed by atoms with van der Waals surface area (Å²) in [4.78, 5) is 13.4. The van der Waals surface area contributed by atoms with Gasteiger partial charge in [-0.15, -0.1) is 6.58 Å². The molecule has 0 saturated carbocycles. The van der Waals surface area contributed by atoms with Crippen molar-refractivity contribution in [3.05, 3.63) is 35.2 Å². The van der Waals surface area contributed by atoms with Gasteiger partial charge < -0.3 is 14.6 Å². The van der Waals surface area contributed by atoms with Crippen LogP contribution >= 0.6 is 0 Å². The molecule has 0 aromatic heterocycles. The number of aliphatic carboxylic acids is 1. The maximum Gasteiger partial charge on any atom is 0.304 e. The third-order valence-electron chi connectivity index (χ3n) is 2.34. The summed E-state index contributed by atoms with van der Waals surface area (Å²) < 4.78 is 10.9. The third-order valence-corrected chi connectivity index (χ3v) is 2.34. The zero-order valence-corrected chi connectivity index (χ0v) is 9.81. The van der Waals surface area contributed by atoms with Gasteiger partial charge in [0, 0.05) is 10.8 Å². The van der Waals surface area contributed by atoms with Crippen LogP contribution in [0, 0.1) is 5.92 Å². The first-order valence-corrected chi connectivity index (χ1v) is 5.46. The van der Waals surface area contributed by atoms with Crippen LogP contribution < -0.4 is 0 Å². The fraction of sp³-hybridized carbons (Fsp3) is 0.545. The molecule has 0 bridgehead atoms. The first kappa shape index (κ1) is 14.2. The van der Waals surface area contributed by atoms with Gasteiger partial charge in [-0.1, -0.05) is 23.3 Å². The molecular formula is C11H15N3O4. The summed E-state index contributed by atoms with van der Waals surface area (Å²) in [6, 6.07) is 0. The van der Waals surface area contributed by atoms with Crippen molar-refractivity contribution in [1.82, 2.24) is 0 Å². The van der Waals surface area contributed by atoms with Crippen LogP contribution in [0.1, 0.15) is 6.42 Å². The molecule has 18 heavy (non-hydrogen) atoms. The van der Waals surface area contributed by atoms with Crippen molar-refractivity contribution < 1.29 is 19.4 Å². The van der Waals surface area contributed by atoms with Gasteiger partial charge in [-0.25, -0.2) is 0 Å². The average Bonchev–Trinajstić information content (AvgIpc) is 2.35. The van der Waals surface area contributed by atoms with Crippen LogP contribution in [0.15, 0.2) is 29.9 Å². The topological polar surface area (TPSA) is 105 Å². The number of rotatable bonds is 7. The number of hydrogen-bond donors (Lipinski definition) is 1. The smallest absolute Gasteiger partial charge is 0.304 e. The first-order valence-electron chi connectivity index (χ1n) is 5.46. The van der Waals surface area contributed by atoms with E-state index >= 15 is 0 Å². The Hall–Kier alpha value is -1.82. The van der Waals surface area contributed by atoms with E-state index in [4.69, 9.17) is 20.1 Å². The SMILES string of the molecule is C=CCO[C@H]1O[C@H](CN=[N+]=[N-])C=C[C@@H]1CC(=O)O. The second-order valence-corrected chi connectivity index (χ2v) is 3.72. The van der Waals surface area contributed by atoms with Crippen molar-refractivity contribution in [3.63, 3.8) is 0 Å². The normalized spacial score (nSPS) is 26.3. The summed E-state index contributed by atoms with van der Waals surface area (Å²) >= 11 is 0. The molecule has 0 aliphatic carbocycles. The van der Waals surface area contributed by atoms with Crippen LogP contribution in [0.2, 0.25) is 0 Å². The summed E-state index contributed by atoms with van der Waals surface area (Å²) in [6.45, 7) is 3.94. The lowest BCUT2D eigenvalue weighted by molar-refractivity contribution is -0.183. The van der Waals surface area contributed by atoms with E-state index in [-0.39, 0.29) is 31.6 Å². The second kappa shape index (κ2) is 7.50. The molecule has 1 aliphatic rings. The van der Waals surface area contributed by atoms with Crippen molar-refractivity contribution >= 4 is 5.97 Å². The van der Waals surface area contributed by atoms with Gasteiger partial charge in [0.05, 0.1) is 25.7 Å². The molecule has 0 spiro atoms. The molecule has 1 heterocycles. The van der Waals surface area contributed by atoms with E-state index in [1.807, 2.05) is 0 Å². The average molecular weight is 253 g/mol. The van der Waals surface area contributed by atoms with Crippen molar-refractivity contribution in [2.24, 2.45) is 11.0 Å². The van der Waals surface area contributed by atoms with Crippen molar-refractivity contribution in [1.29, 1.82) is 0 Å². The number of nitrogens with zero attached hydrogens (tertiary/aromatic N) is 3. The van der Waals surface area contributed by atoms with E-state index < -0.39 is 12.3 Å². The molecule has 0 saturated heterocycles. The van der Waals surface area contributed by atoms with Crippen LogP contribution in [0.5, 0.6) is 0 Å². The molecule has 7 heteroatoms. The molecule has 1 N–H and O–H groups in total. The highest BCUT2D eigenvalue weighted by molar-refractivity contribution is 5.67. The lowest BCUT2D eigenvalue weighted by atomic mass is 10.0. The number of hydrogen-bond acceptors (Lipinski definition) is 4. The molecule has 1 aliphatic heterocycles. The van der Waals surface area contributed by atoms with Gasteiger partial charge in [0.25, 0.3) is 0 Å². The number of carboxylic acids is 1. The maximum absolute atomic E-state index is 10.7. The lowest BCUT2D eigenvalue weighted by Gasteiger charge is -2.30. The van der Waals surface area contributed by atoms with Crippen LogP contribution in [0.25, 0.3) is 10.4 Å². The van der Waals surface area contributed by atoms with E-state index in [1.165, 1.54) is 0 Å². The van der Waals surface area contributed by atoms with E-state index in [9.17, 15) is 4.79 Å². The van der Waals surface area contributed by atoms with Crippen molar-refractivity contribution in [2.75, 3.05) is 13.2 Å². The van der Waals surface area contributed by atoms with E-state index in [2.05, 4.69) is 16.6 Å². The van der Waals surface area contributed by atoms with Gasteiger partial charge in [-0.05, 0) is 5.53 Å². The van der Waals surface area contributed by atoms with Gasteiger partial charge in [0.2, 0.25) is 0 Å². The van der Waals surface area contributed by atoms with Crippen LogP contribution in [-0.4, -0.2) is 36.6 Å². The highest BCUT2D eigenvalue weighted by Gasteiger charge is 2.29. The highest BCUT2D eigenvalue weighted by Crippen LogP contribution is 2.23. The molecular weight excluding hydrogens is 238 g/mol. The molecule has 0 aromatic carbocycles. The van der Waals surface area contributed by atoms with E-state index in [0.29, 0.717) is 0 Å². The standard InChI is InChI=1S/C11H15N3O4/c1-2-5-17-11-8(6-10(15)16)3-4-9(18-11)7-13-14-12/h2-4,8-9,11H,1,5-7H2,(H,15,16)/t8-,9+,11+/m1/s1. The summed E-state index contributed by atoms with van der Waals surface area (Å²) in [7, 11) is 0. The van der Waals surface area contributed by atoms with Crippen LogP contribution in [0.3, 0.4) is 0 Å². The molecule has 1 rings (SSSR count). The Bertz CT molecular complexity index is 376. The number of carboxylic acid groups (broad SMARTS) is 1. The maximum atomic E-state index is 10.7. The molecule has 0 unspecified atom stereocenters. The summed E-state index contributed by atoms with van der Waals surface area (Å²) in [6.07, 6.45) is 3.84. The van der Waals surface area contributed by atoms with Crippen LogP contribution in [0.4, 0.5) is 0 Å². The quantitative estimate of drug-likeness (QED) is 0.323. The number of ether oxygens (including phenoxy) is 2. The first-order chi connectivity index (χ1) is 8.67. The minimum absolute atomic E-state index is 0.0768. The molecule has 0 radical (unpaired) electrons. The van der Waals surface area contributed by atoms with E-state index in [1.54, 1.807) is 18.2 Å². The second-order valence-electron chi connectivity index (χ2n) is 3.72. The molecule has 0 aromatic rings. The molecule has 7 nitrogen and oxygen atoms in total. The Morgan fingerprint density at radius 1 is 1.67 bits per heavy atom. The zero-order valence-electron chi connectivity index (χ0n) is 9.81. The molecule has 98 valence electrons.